The van der Waals surface area contributed by atoms with Crippen LogP contribution in [-0.4, -0.2) is 40.1 Å². The normalized spacial score (nSPS) is 11.5. The van der Waals surface area contributed by atoms with Gasteiger partial charge in [0.15, 0.2) is 0 Å². The zero-order valence-electron chi connectivity index (χ0n) is 19.5. The average molecular weight is 450 g/mol. The highest BCUT2D eigenvalue weighted by molar-refractivity contribution is 5.95. The fourth-order valence-electron chi connectivity index (χ4n) is 3.88. The zero-order chi connectivity index (χ0) is 23.8. The van der Waals surface area contributed by atoms with Gasteiger partial charge in [0.2, 0.25) is 11.6 Å². The van der Waals surface area contributed by atoms with Crippen LogP contribution in [0.1, 0.15) is 53.8 Å². The van der Waals surface area contributed by atoms with Crippen molar-refractivity contribution in [3.63, 3.8) is 0 Å². The molecule has 7 nitrogen and oxygen atoms in total. The molecule has 1 aromatic heterocycles. The Morgan fingerprint density at radius 1 is 1.15 bits per heavy atom. The standard InChI is InChI=1S/C26H31N3O4/c1-5-7-17-29-23(27-25(28-29)26(32-3,33-4)16-6-2)18-19-12-14-20(15-13-19)21-10-8-9-11-22(21)24(30)31/h5,8-15H,1,6-7,16-18H2,2-4H3,(H,30,31). The number of hydrogen-bond acceptors (Lipinski definition) is 5. The number of aryl methyl sites for hydroxylation is 1. The minimum Gasteiger partial charge on any atom is -0.478 e. The molecule has 0 aliphatic heterocycles. The van der Waals surface area contributed by atoms with Crippen molar-refractivity contribution < 1.29 is 19.4 Å². The molecule has 0 fully saturated rings. The average Bonchev–Trinajstić information content (AvgIpc) is 3.24. The van der Waals surface area contributed by atoms with Gasteiger partial charge in [0.25, 0.3) is 0 Å². The van der Waals surface area contributed by atoms with Crippen molar-refractivity contribution in [2.24, 2.45) is 0 Å². The van der Waals surface area contributed by atoms with Crippen molar-refractivity contribution in [1.82, 2.24) is 14.8 Å². The molecular formula is C26H31N3O4. The molecule has 1 N–H and O–H groups in total. The third-order valence-corrected chi connectivity index (χ3v) is 5.66. The van der Waals surface area contributed by atoms with Crippen LogP contribution in [0.2, 0.25) is 0 Å². The number of ether oxygens (including phenoxy) is 2. The van der Waals surface area contributed by atoms with Crippen LogP contribution in [0.5, 0.6) is 0 Å². The summed E-state index contributed by atoms with van der Waals surface area (Å²) in [5, 5.41) is 14.2. The molecule has 0 saturated heterocycles. The number of allylic oxidation sites excluding steroid dienone is 1. The molecule has 2 aromatic carbocycles. The Kier molecular flexibility index (Phi) is 8.14. The van der Waals surface area contributed by atoms with E-state index in [-0.39, 0.29) is 5.56 Å². The van der Waals surface area contributed by atoms with E-state index >= 15 is 0 Å². The molecule has 0 unspecified atom stereocenters. The van der Waals surface area contributed by atoms with Crippen LogP contribution in [0.25, 0.3) is 11.1 Å². The van der Waals surface area contributed by atoms with Crippen molar-refractivity contribution in [1.29, 1.82) is 0 Å². The van der Waals surface area contributed by atoms with Crippen LogP contribution in [0, 0.1) is 0 Å². The van der Waals surface area contributed by atoms with Gasteiger partial charge in [0.1, 0.15) is 5.82 Å². The summed E-state index contributed by atoms with van der Waals surface area (Å²) in [7, 11) is 3.22. The van der Waals surface area contributed by atoms with Gasteiger partial charge in [0.05, 0.1) is 5.56 Å². The van der Waals surface area contributed by atoms with Crippen molar-refractivity contribution in [2.75, 3.05) is 14.2 Å². The number of nitrogens with zero attached hydrogens (tertiary/aromatic N) is 3. The Labute approximate surface area is 194 Å². The highest BCUT2D eigenvalue weighted by Crippen LogP contribution is 2.30. The Hall–Kier alpha value is -3.29. The van der Waals surface area contributed by atoms with E-state index in [4.69, 9.17) is 19.6 Å². The van der Waals surface area contributed by atoms with Gasteiger partial charge in [0, 0.05) is 33.6 Å². The number of benzene rings is 2. The monoisotopic (exact) mass is 449 g/mol. The second-order valence-electron chi connectivity index (χ2n) is 7.79. The summed E-state index contributed by atoms with van der Waals surface area (Å²) in [6.07, 6.45) is 4.69. The number of aromatic nitrogens is 3. The van der Waals surface area contributed by atoms with Crippen molar-refractivity contribution in [3.05, 3.63) is 84.0 Å². The van der Waals surface area contributed by atoms with E-state index in [1.165, 1.54) is 0 Å². The number of carboxylic acid groups (broad SMARTS) is 1. The Morgan fingerprint density at radius 3 is 2.45 bits per heavy atom. The first-order valence-corrected chi connectivity index (χ1v) is 11.0. The van der Waals surface area contributed by atoms with E-state index in [1.807, 2.05) is 47.2 Å². The summed E-state index contributed by atoms with van der Waals surface area (Å²) >= 11 is 0. The summed E-state index contributed by atoms with van der Waals surface area (Å²) in [6.45, 7) is 6.53. The Balaban J connectivity index is 1.92. The van der Waals surface area contributed by atoms with Crippen LogP contribution >= 0.6 is 0 Å². The Bertz CT molecular complexity index is 1090. The number of carboxylic acids is 1. The SMILES string of the molecule is C=CCCn1nc(C(CCC)(OC)OC)nc1Cc1ccc(-c2ccccc2C(=O)O)cc1. The van der Waals surface area contributed by atoms with Gasteiger partial charge >= 0.3 is 5.97 Å². The molecular weight excluding hydrogens is 418 g/mol. The molecule has 0 amide bonds. The van der Waals surface area contributed by atoms with Gasteiger partial charge < -0.3 is 14.6 Å². The maximum Gasteiger partial charge on any atom is 0.336 e. The second kappa shape index (κ2) is 11.0. The number of rotatable bonds is 12. The van der Waals surface area contributed by atoms with Gasteiger partial charge in [-0.05, 0) is 29.2 Å². The lowest BCUT2D eigenvalue weighted by Gasteiger charge is -2.27. The van der Waals surface area contributed by atoms with Crippen LogP contribution in [0.15, 0.2) is 61.2 Å². The maximum atomic E-state index is 11.6. The fraction of sp³-hybridized carbons (Fsp3) is 0.346. The molecule has 7 heteroatoms. The molecule has 0 aliphatic carbocycles. The molecule has 0 spiro atoms. The van der Waals surface area contributed by atoms with E-state index in [2.05, 4.69) is 13.5 Å². The molecule has 1 heterocycles. The number of hydrogen-bond donors (Lipinski definition) is 1. The summed E-state index contributed by atoms with van der Waals surface area (Å²) < 4.78 is 13.3. The lowest BCUT2D eigenvalue weighted by Crippen LogP contribution is -2.32. The molecule has 3 aromatic rings. The minimum atomic E-state index is -0.979. The molecule has 0 aliphatic rings. The first-order valence-electron chi connectivity index (χ1n) is 11.0. The lowest BCUT2D eigenvalue weighted by molar-refractivity contribution is -0.225. The molecule has 33 heavy (non-hydrogen) atoms. The molecule has 0 bridgehead atoms. The highest BCUT2D eigenvalue weighted by atomic mass is 16.7. The third-order valence-electron chi connectivity index (χ3n) is 5.66. The number of carbonyl (C=O) groups is 1. The summed E-state index contributed by atoms with van der Waals surface area (Å²) in [4.78, 5) is 16.4. The van der Waals surface area contributed by atoms with Gasteiger partial charge in [-0.25, -0.2) is 14.5 Å². The number of aromatic carboxylic acids is 1. The topological polar surface area (TPSA) is 86.5 Å². The second-order valence-corrected chi connectivity index (χ2v) is 7.79. The van der Waals surface area contributed by atoms with E-state index < -0.39 is 11.8 Å². The van der Waals surface area contributed by atoms with E-state index in [0.717, 1.165) is 29.8 Å². The largest absolute Gasteiger partial charge is 0.478 e. The highest BCUT2D eigenvalue weighted by Gasteiger charge is 2.36. The quantitative estimate of drug-likeness (QED) is 0.307. The first kappa shape index (κ1) is 24.4. The van der Waals surface area contributed by atoms with Gasteiger partial charge in [-0.1, -0.05) is 61.9 Å². The van der Waals surface area contributed by atoms with E-state index in [0.29, 0.717) is 30.8 Å². The van der Waals surface area contributed by atoms with Crippen LogP contribution in [-0.2, 0) is 28.2 Å². The molecule has 174 valence electrons. The van der Waals surface area contributed by atoms with E-state index in [1.54, 1.807) is 26.4 Å². The van der Waals surface area contributed by atoms with Gasteiger partial charge in [-0.15, -0.1) is 6.58 Å². The summed E-state index contributed by atoms with van der Waals surface area (Å²) in [5.41, 5.74) is 2.87. The first-order chi connectivity index (χ1) is 16.0. The molecule has 3 rings (SSSR count). The predicted molar refractivity (Wildman–Crippen MR) is 127 cm³/mol. The minimum absolute atomic E-state index is 0.283. The number of methoxy groups -OCH3 is 2. The molecule has 0 saturated carbocycles. The fourth-order valence-corrected chi connectivity index (χ4v) is 3.88. The van der Waals surface area contributed by atoms with Crippen molar-refractivity contribution >= 4 is 5.97 Å². The smallest absolute Gasteiger partial charge is 0.336 e. The van der Waals surface area contributed by atoms with E-state index in [9.17, 15) is 9.90 Å². The third kappa shape index (κ3) is 5.38. The summed E-state index contributed by atoms with van der Waals surface area (Å²) in [5.74, 6) is -0.599. The van der Waals surface area contributed by atoms with Crippen molar-refractivity contribution in [2.45, 2.75) is 44.9 Å². The zero-order valence-corrected chi connectivity index (χ0v) is 19.5. The van der Waals surface area contributed by atoms with Crippen LogP contribution < -0.4 is 0 Å². The summed E-state index contributed by atoms with van der Waals surface area (Å²) in [6, 6.07) is 14.9. The molecule has 0 radical (unpaired) electrons. The van der Waals surface area contributed by atoms with Crippen molar-refractivity contribution in [3.8, 4) is 11.1 Å². The Morgan fingerprint density at radius 2 is 1.85 bits per heavy atom. The lowest BCUT2D eigenvalue weighted by atomic mass is 9.98. The van der Waals surface area contributed by atoms with Gasteiger partial charge in [-0.2, -0.15) is 5.10 Å². The van der Waals surface area contributed by atoms with Crippen LogP contribution in [0.4, 0.5) is 0 Å². The molecule has 0 atom stereocenters. The predicted octanol–water partition coefficient (Wildman–Crippen LogP) is 5.06. The van der Waals surface area contributed by atoms with Gasteiger partial charge in [-0.3, -0.25) is 0 Å². The maximum absolute atomic E-state index is 11.6. The van der Waals surface area contributed by atoms with Crippen LogP contribution in [0.3, 0.4) is 0 Å².